The number of nitrogens with two attached hydrogens (primary N) is 2. The van der Waals surface area contributed by atoms with Crippen LogP contribution < -0.4 is 11.6 Å². The second-order valence-electron chi connectivity index (χ2n) is 4.87. The third-order valence-electron chi connectivity index (χ3n) is 2.18. The van der Waals surface area contributed by atoms with Crippen molar-refractivity contribution in [3.05, 3.63) is 11.5 Å². The molecule has 0 unspecified atom stereocenters. The lowest BCUT2D eigenvalue weighted by Crippen LogP contribution is -2.39. The molecule has 0 aliphatic carbocycles. The first kappa shape index (κ1) is 14.1. The average molecular weight is 258 g/mol. The Morgan fingerprint density at radius 3 is 2.33 bits per heavy atom. The van der Waals surface area contributed by atoms with Gasteiger partial charge in [-0.15, -0.1) is 0 Å². The van der Waals surface area contributed by atoms with Crippen LogP contribution >= 0.6 is 0 Å². The van der Waals surface area contributed by atoms with E-state index >= 15 is 0 Å². The van der Waals surface area contributed by atoms with Crippen LogP contribution in [-0.4, -0.2) is 45.8 Å². The Hall–Kier alpha value is -1.96. The summed E-state index contributed by atoms with van der Waals surface area (Å²) >= 11 is 0. The number of carbonyl (C=O) groups excluding carboxylic acids is 1. The molecule has 0 radical (unpaired) electrons. The van der Waals surface area contributed by atoms with Crippen LogP contribution in [0, 0.1) is 0 Å². The number of hydrazine groups is 1. The molecule has 1 fully saturated rings. The van der Waals surface area contributed by atoms with Gasteiger partial charge in [-0.05, 0) is 20.8 Å². The van der Waals surface area contributed by atoms with Crippen LogP contribution in [-0.2, 0) is 9.53 Å². The van der Waals surface area contributed by atoms with Crippen molar-refractivity contribution < 1.29 is 19.4 Å². The van der Waals surface area contributed by atoms with E-state index in [2.05, 4.69) is 0 Å². The van der Waals surface area contributed by atoms with Crippen LogP contribution in [0.1, 0.15) is 20.8 Å². The Morgan fingerprint density at radius 1 is 1.33 bits per heavy atom. The molecular formula is C10H18N4O4. The summed E-state index contributed by atoms with van der Waals surface area (Å²) in [5.41, 5.74) is 4.25. The van der Waals surface area contributed by atoms with E-state index in [1.807, 2.05) is 0 Å². The molecular weight excluding hydrogens is 240 g/mol. The number of carbonyl (C=O) groups is 2. The molecule has 1 amide bonds. The highest BCUT2D eigenvalue weighted by Crippen LogP contribution is 2.20. The zero-order valence-electron chi connectivity index (χ0n) is 10.6. The number of amides is 1. The second-order valence-corrected chi connectivity index (χ2v) is 4.87. The summed E-state index contributed by atoms with van der Waals surface area (Å²) in [7, 11) is 0. The Bertz CT molecular complexity index is 399. The zero-order valence-corrected chi connectivity index (χ0v) is 10.6. The first-order valence-electron chi connectivity index (χ1n) is 5.39. The Kier molecular flexibility index (Phi) is 3.70. The van der Waals surface area contributed by atoms with Gasteiger partial charge in [0.2, 0.25) is 0 Å². The maximum Gasteiger partial charge on any atom is 0.416 e. The van der Waals surface area contributed by atoms with E-state index in [-0.39, 0.29) is 12.4 Å². The zero-order chi connectivity index (χ0) is 14.1. The molecule has 8 nitrogen and oxygen atoms in total. The third kappa shape index (κ3) is 3.04. The van der Waals surface area contributed by atoms with Crippen molar-refractivity contribution in [3.63, 3.8) is 0 Å². The molecule has 18 heavy (non-hydrogen) atoms. The normalized spacial score (nSPS) is 18.9. The molecule has 1 heterocycles. The topological polar surface area (TPSA) is 122 Å². The summed E-state index contributed by atoms with van der Waals surface area (Å²) < 4.78 is 5.15. The molecule has 0 atom stereocenters. The summed E-state index contributed by atoms with van der Waals surface area (Å²) in [5.74, 6) is 4.21. The molecule has 0 aromatic rings. The van der Waals surface area contributed by atoms with Gasteiger partial charge < -0.3 is 15.6 Å². The fraction of sp³-hybridized carbons (Fsp3) is 0.600. The number of hydrogen-bond acceptors (Lipinski definition) is 6. The van der Waals surface area contributed by atoms with Crippen molar-refractivity contribution in [1.29, 1.82) is 0 Å². The minimum Gasteiger partial charge on any atom is -0.476 e. The monoisotopic (exact) mass is 258 g/mol. The van der Waals surface area contributed by atoms with Crippen LogP contribution in [0.4, 0.5) is 4.79 Å². The first-order valence-corrected chi connectivity index (χ1v) is 5.39. The van der Waals surface area contributed by atoms with Crippen LogP contribution in [0.15, 0.2) is 11.5 Å². The van der Waals surface area contributed by atoms with E-state index in [9.17, 15) is 9.59 Å². The summed E-state index contributed by atoms with van der Waals surface area (Å²) in [4.78, 5) is 23.8. The maximum atomic E-state index is 11.9. The van der Waals surface area contributed by atoms with Crippen molar-refractivity contribution in [2.75, 3.05) is 13.1 Å². The number of carboxylic acid groups (broad SMARTS) is 1. The highest BCUT2D eigenvalue weighted by molar-refractivity contribution is 5.87. The number of rotatable bonds is 1. The fourth-order valence-electron chi connectivity index (χ4n) is 1.47. The van der Waals surface area contributed by atoms with Crippen molar-refractivity contribution >= 4 is 12.1 Å². The van der Waals surface area contributed by atoms with Gasteiger partial charge in [-0.3, -0.25) is 9.91 Å². The molecule has 1 rings (SSSR count). The van der Waals surface area contributed by atoms with Crippen LogP contribution in [0.3, 0.4) is 0 Å². The number of carboxylic acids is 1. The van der Waals surface area contributed by atoms with E-state index in [1.54, 1.807) is 20.8 Å². The quantitative estimate of drug-likeness (QED) is 0.433. The van der Waals surface area contributed by atoms with Gasteiger partial charge in [0, 0.05) is 6.54 Å². The smallest absolute Gasteiger partial charge is 0.416 e. The summed E-state index contributed by atoms with van der Waals surface area (Å²) in [6.07, 6.45) is -0.672. The van der Waals surface area contributed by atoms with E-state index in [1.165, 1.54) is 0 Å². The average Bonchev–Trinajstić information content (AvgIpc) is 2.56. The van der Waals surface area contributed by atoms with Crippen molar-refractivity contribution in [1.82, 2.24) is 9.91 Å². The number of hydrogen-bond donors (Lipinski definition) is 3. The van der Waals surface area contributed by atoms with E-state index in [0.717, 1.165) is 9.91 Å². The SMILES string of the molecule is CC(C)(C)OC(=O)N1CCN(N)/C1=C(\N)C(=O)O. The van der Waals surface area contributed by atoms with Gasteiger partial charge >= 0.3 is 12.1 Å². The minimum absolute atomic E-state index is 0.0447. The Labute approximate surface area is 105 Å². The van der Waals surface area contributed by atoms with Gasteiger partial charge in [0.05, 0.1) is 6.54 Å². The van der Waals surface area contributed by atoms with Crippen molar-refractivity contribution in [2.45, 2.75) is 26.4 Å². The molecule has 1 aliphatic heterocycles. The number of nitrogens with zero attached hydrogens (tertiary/aromatic N) is 2. The van der Waals surface area contributed by atoms with Gasteiger partial charge in [-0.1, -0.05) is 0 Å². The van der Waals surface area contributed by atoms with Gasteiger partial charge in [-0.25, -0.2) is 15.4 Å². The van der Waals surface area contributed by atoms with Crippen molar-refractivity contribution in [3.8, 4) is 0 Å². The van der Waals surface area contributed by atoms with Crippen LogP contribution in [0.25, 0.3) is 0 Å². The minimum atomic E-state index is -1.34. The van der Waals surface area contributed by atoms with Gasteiger partial charge in [-0.2, -0.15) is 0 Å². The van der Waals surface area contributed by atoms with Crippen molar-refractivity contribution in [2.24, 2.45) is 11.6 Å². The lowest BCUT2D eigenvalue weighted by Gasteiger charge is -2.25. The molecule has 5 N–H and O–H groups in total. The molecule has 0 spiro atoms. The van der Waals surface area contributed by atoms with Crippen LogP contribution in [0.5, 0.6) is 0 Å². The predicted molar refractivity (Wildman–Crippen MR) is 62.7 cm³/mol. The molecule has 0 saturated carbocycles. The van der Waals surface area contributed by atoms with Crippen LogP contribution in [0.2, 0.25) is 0 Å². The Balaban J connectivity index is 2.99. The number of aliphatic carboxylic acids is 1. The standard InChI is InChI=1S/C10H18N4O4/c1-10(2,3)18-9(17)13-4-5-14(12)7(13)6(11)8(15)16/h4-5,11-12H2,1-3H3,(H,15,16)/b7-6-. The highest BCUT2D eigenvalue weighted by Gasteiger charge is 2.34. The van der Waals surface area contributed by atoms with Gasteiger partial charge in [0.25, 0.3) is 0 Å². The highest BCUT2D eigenvalue weighted by atomic mass is 16.6. The molecule has 0 bridgehead atoms. The maximum absolute atomic E-state index is 11.9. The van der Waals surface area contributed by atoms with Gasteiger partial charge in [0.1, 0.15) is 5.60 Å². The summed E-state index contributed by atoms with van der Waals surface area (Å²) in [6, 6.07) is 0. The fourth-order valence-corrected chi connectivity index (χ4v) is 1.47. The molecule has 0 aromatic carbocycles. The summed E-state index contributed by atoms with van der Waals surface area (Å²) in [5, 5.41) is 9.97. The van der Waals surface area contributed by atoms with Gasteiger partial charge in [0.15, 0.2) is 11.5 Å². The Morgan fingerprint density at radius 2 is 1.89 bits per heavy atom. The third-order valence-corrected chi connectivity index (χ3v) is 2.18. The molecule has 0 aromatic heterocycles. The first-order chi connectivity index (χ1) is 8.13. The molecule has 102 valence electrons. The second kappa shape index (κ2) is 4.73. The molecule has 8 heteroatoms. The largest absolute Gasteiger partial charge is 0.476 e. The van der Waals surface area contributed by atoms with E-state index in [4.69, 9.17) is 21.4 Å². The number of ether oxygens (including phenoxy) is 1. The molecule has 1 aliphatic rings. The predicted octanol–water partition coefficient (Wildman–Crippen LogP) is -0.375. The van der Waals surface area contributed by atoms with E-state index < -0.39 is 23.4 Å². The lowest BCUT2D eigenvalue weighted by atomic mass is 10.2. The summed E-state index contributed by atoms with van der Waals surface area (Å²) in [6.45, 7) is 5.67. The van der Waals surface area contributed by atoms with E-state index in [0.29, 0.717) is 6.54 Å². The lowest BCUT2D eigenvalue weighted by molar-refractivity contribution is -0.132. The molecule has 1 saturated heterocycles.